The monoisotopic (exact) mass is 462 g/mol. The van der Waals surface area contributed by atoms with Crippen LogP contribution in [-0.4, -0.2) is 0 Å². The number of rotatable bonds is 6. The van der Waals surface area contributed by atoms with Gasteiger partial charge < -0.3 is 0 Å². The molecular formula is C30H26NP2+. The minimum atomic E-state index is -2.72. The highest BCUT2D eigenvalue weighted by Gasteiger charge is 2.59. The predicted molar refractivity (Wildman–Crippen MR) is 147 cm³/mol. The van der Waals surface area contributed by atoms with E-state index in [-0.39, 0.29) is 0 Å². The van der Waals surface area contributed by atoms with E-state index in [9.17, 15) is 5.16 Å². The summed E-state index contributed by atoms with van der Waals surface area (Å²) in [7, 11) is 0. The lowest BCUT2D eigenvalue weighted by atomic mass is 10.4. The van der Waals surface area contributed by atoms with Crippen LogP contribution in [0.15, 0.2) is 152 Å². The van der Waals surface area contributed by atoms with Gasteiger partial charge in [0.05, 0.1) is 0 Å². The van der Waals surface area contributed by atoms with E-state index in [1.165, 1.54) is 15.9 Å². The molecule has 0 unspecified atom stereocenters. The Hall–Kier alpha value is -3.24. The van der Waals surface area contributed by atoms with E-state index in [0.717, 1.165) is 10.6 Å². The van der Waals surface area contributed by atoms with E-state index >= 15 is 0 Å². The smallest absolute Gasteiger partial charge is 0.170 e. The molecule has 0 atom stereocenters. The summed E-state index contributed by atoms with van der Waals surface area (Å²) < 4.78 is 0. The van der Waals surface area contributed by atoms with Crippen LogP contribution in [0.3, 0.4) is 0 Å². The zero-order chi connectivity index (χ0) is 22.6. The molecule has 0 aliphatic rings. The van der Waals surface area contributed by atoms with Crippen molar-refractivity contribution < 1.29 is 0 Å². The average molecular weight is 462 g/mol. The van der Waals surface area contributed by atoms with Crippen molar-refractivity contribution in [1.29, 1.82) is 5.16 Å². The molecule has 3 heteroatoms. The van der Waals surface area contributed by atoms with Crippen molar-refractivity contribution in [2.45, 2.75) is 0 Å². The Morgan fingerprint density at radius 3 is 0.879 bits per heavy atom. The fourth-order valence-corrected chi connectivity index (χ4v) is 17.8. The molecule has 0 bridgehead atoms. The molecule has 5 aromatic rings. The van der Waals surface area contributed by atoms with Gasteiger partial charge in [0.2, 0.25) is 0 Å². The zero-order valence-corrected chi connectivity index (χ0v) is 20.1. The molecule has 0 aliphatic carbocycles. The number of benzene rings is 5. The third kappa shape index (κ3) is 3.59. The standard InChI is InChI=1S/C30H26NP2/c31-33(29-22-12-4-13-23-29,30-24-14-5-15-25-30)32(26-16-6-1-7-17-26,27-18-8-2-9-19-27)28-20-10-3-11-21-28/h1-25,31H/q+1. The summed E-state index contributed by atoms with van der Waals surface area (Å²) in [6.45, 7) is -5.16. The van der Waals surface area contributed by atoms with Gasteiger partial charge in [-0.15, -0.1) is 0 Å². The second kappa shape index (κ2) is 9.32. The van der Waals surface area contributed by atoms with Crippen LogP contribution in [0.4, 0.5) is 0 Å². The van der Waals surface area contributed by atoms with Gasteiger partial charge in [0.1, 0.15) is 15.9 Å². The van der Waals surface area contributed by atoms with Crippen LogP contribution in [0, 0.1) is 5.16 Å². The Labute approximate surface area is 196 Å². The topological polar surface area (TPSA) is 23.9 Å². The Bertz CT molecular complexity index is 1210. The molecule has 160 valence electrons. The van der Waals surface area contributed by atoms with E-state index in [2.05, 4.69) is 140 Å². The summed E-state index contributed by atoms with van der Waals surface area (Å²) in [6.07, 6.45) is 0. The summed E-state index contributed by atoms with van der Waals surface area (Å²) in [4.78, 5) is 0. The number of nitrogens with one attached hydrogen (secondary N) is 1. The molecule has 1 nitrogen and oxygen atoms in total. The summed E-state index contributed by atoms with van der Waals surface area (Å²) >= 11 is 0. The van der Waals surface area contributed by atoms with Crippen LogP contribution >= 0.6 is 13.7 Å². The number of hydrogen-bond acceptors (Lipinski definition) is 1. The molecule has 0 spiro atoms. The van der Waals surface area contributed by atoms with Crippen LogP contribution in [0.2, 0.25) is 0 Å². The van der Waals surface area contributed by atoms with Crippen molar-refractivity contribution in [3.05, 3.63) is 152 Å². The number of hydrogen-bond donors (Lipinski definition) is 1. The molecular weight excluding hydrogens is 436 g/mol. The molecule has 5 aromatic carbocycles. The van der Waals surface area contributed by atoms with E-state index < -0.39 is 13.7 Å². The largest absolute Gasteiger partial charge is 0.274 e. The highest BCUT2D eigenvalue weighted by Crippen LogP contribution is 2.85. The third-order valence-corrected chi connectivity index (χ3v) is 18.4. The first-order valence-corrected chi connectivity index (χ1v) is 15.4. The van der Waals surface area contributed by atoms with E-state index in [1.807, 2.05) is 12.1 Å². The molecule has 0 aliphatic heterocycles. The molecule has 1 N–H and O–H groups in total. The van der Waals surface area contributed by atoms with Gasteiger partial charge in [-0.25, -0.2) is 0 Å². The van der Waals surface area contributed by atoms with Gasteiger partial charge in [-0.3, -0.25) is 5.16 Å². The van der Waals surface area contributed by atoms with Crippen molar-refractivity contribution in [3.63, 3.8) is 0 Å². The molecule has 0 fully saturated rings. The molecule has 0 saturated heterocycles. The summed E-state index contributed by atoms with van der Waals surface area (Å²) in [5.41, 5.74) is 0. The van der Waals surface area contributed by atoms with Gasteiger partial charge in [-0.2, -0.15) is 0 Å². The molecule has 0 radical (unpaired) electrons. The van der Waals surface area contributed by atoms with Crippen LogP contribution < -0.4 is 26.5 Å². The second-order valence-corrected chi connectivity index (χ2v) is 16.7. The van der Waals surface area contributed by atoms with Crippen molar-refractivity contribution >= 4 is 40.2 Å². The van der Waals surface area contributed by atoms with Gasteiger partial charge in [-0.1, -0.05) is 91.0 Å². The van der Waals surface area contributed by atoms with E-state index in [4.69, 9.17) is 0 Å². The first kappa shape index (κ1) is 21.6. The maximum Gasteiger partial charge on any atom is 0.170 e. The lowest BCUT2D eigenvalue weighted by molar-refractivity contribution is 1.60. The first-order valence-electron chi connectivity index (χ1n) is 11.1. The highest BCUT2D eigenvalue weighted by atomic mass is 32.1. The fraction of sp³-hybridized carbons (Fsp3) is 0. The summed E-state index contributed by atoms with van der Waals surface area (Å²) in [6, 6.07) is 53.5. The van der Waals surface area contributed by atoms with Crippen molar-refractivity contribution in [1.82, 2.24) is 0 Å². The SMILES string of the molecule is N=P(c1ccccc1)(c1ccccc1)[P+](c1ccccc1)(c1ccccc1)c1ccccc1. The Morgan fingerprint density at radius 1 is 0.364 bits per heavy atom. The summed E-state index contributed by atoms with van der Waals surface area (Å²) in [5, 5.41) is 16.7. The van der Waals surface area contributed by atoms with Crippen LogP contribution in [0.1, 0.15) is 0 Å². The minimum Gasteiger partial charge on any atom is -0.274 e. The fourth-order valence-electron chi connectivity index (χ4n) is 4.68. The Morgan fingerprint density at radius 2 is 0.606 bits per heavy atom. The highest BCUT2D eigenvalue weighted by molar-refractivity contribution is 8.55. The molecule has 0 heterocycles. The van der Waals surface area contributed by atoms with Crippen LogP contribution in [0.5, 0.6) is 0 Å². The molecule has 0 saturated carbocycles. The van der Waals surface area contributed by atoms with Crippen LogP contribution in [0.25, 0.3) is 0 Å². The summed E-state index contributed by atoms with van der Waals surface area (Å²) in [5.74, 6) is 0. The van der Waals surface area contributed by atoms with E-state index in [1.54, 1.807) is 0 Å². The maximum absolute atomic E-state index is 10.7. The second-order valence-electron chi connectivity index (χ2n) is 7.95. The van der Waals surface area contributed by atoms with Gasteiger partial charge in [0.25, 0.3) is 0 Å². The van der Waals surface area contributed by atoms with E-state index in [0.29, 0.717) is 0 Å². The molecule has 0 aromatic heterocycles. The molecule has 0 amide bonds. The van der Waals surface area contributed by atoms with Crippen LogP contribution in [-0.2, 0) is 0 Å². The third-order valence-electron chi connectivity index (χ3n) is 6.10. The lowest BCUT2D eigenvalue weighted by Crippen LogP contribution is -2.36. The molecule has 33 heavy (non-hydrogen) atoms. The lowest BCUT2D eigenvalue weighted by Gasteiger charge is -2.37. The minimum absolute atomic E-state index is 1.11. The van der Waals surface area contributed by atoms with Crippen molar-refractivity contribution in [3.8, 4) is 0 Å². The zero-order valence-electron chi connectivity index (χ0n) is 18.3. The predicted octanol–water partition coefficient (Wildman–Crippen LogP) is 6.33. The van der Waals surface area contributed by atoms with Crippen molar-refractivity contribution in [2.75, 3.05) is 0 Å². The van der Waals surface area contributed by atoms with Gasteiger partial charge in [0, 0.05) is 10.6 Å². The molecule has 5 rings (SSSR count). The quantitative estimate of drug-likeness (QED) is 0.285. The Kier molecular flexibility index (Phi) is 6.10. The normalized spacial score (nSPS) is 11.8. The van der Waals surface area contributed by atoms with Gasteiger partial charge >= 0.3 is 0 Å². The maximum atomic E-state index is 10.7. The average Bonchev–Trinajstić information content (AvgIpc) is 2.92. The Balaban J connectivity index is 2.02. The van der Waals surface area contributed by atoms with Crippen molar-refractivity contribution in [2.24, 2.45) is 0 Å². The first-order chi connectivity index (χ1) is 16.3. The van der Waals surface area contributed by atoms with Gasteiger partial charge in [-0.05, 0) is 60.7 Å². The van der Waals surface area contributed by atoms with Gasteiger partial charge in [0.15, 0.2) is 13.7 Å².